The van der Waals surface area contributed by atoms with E-state index in [1.54, 1.807) is 19.3 Å². The number of amides is 1. The Balaban J connectivity index is 1.51. The maximum atomic E-state index is 12.7. The lowest BCUT2D eigenvalue weighted by molar-refractivity contribution is -0.127. The van der Waals surface area contributed by atoms with E-state index in [4.69, 9.17) is 9.84 Å². The van der Waals surface area contributed by atoms with Crippen LogP contribution in [0.1, 0.15) is 18.1 Å². The lowest BCUT2D eigenvalue weighted by Crippen LogP contribution is -2.35. The molecule has 0 aliphatic rings. The van der Waals surface area contributed by atoms with Crippen molar-refractivity contribution in [3.63, 3.8) is 0 Å². The average Bonchev–Trinajstić information content (AvgIpc) is 3.23. The number of carbonyl (C=O) groups is 1. The molecule has 0 spiro atoms. The quantitative estimate of drug-likeness (QED) is 0.491. The molecule has 4 rings (SSSR count). The van der Waals surface area contributed by atoms with Crippen LogP contribution >= 0.6 is 0 Å². The topological polar surface area (TPSA) is 69.0 Å². The summed E-state index contributed by atoms with van der Waals surface area (Å²) in [5, 5.41) is 7.73. The van der Waals surface area contributed by atoms with Gasteiger partial charge in [0.2, 0.25) is 0 Å². The van der Waals surface area contributed by atoms with E-state index < -0.39 is 6.10 Å². The summed E-state index contributed by atoms with van der Waals surface area (Å²) in [7, 11) is 0. The number of benzene rings is 2. The van der Waals surface area contributed by atoms with Gasteiger partial charge >= 0.3 is 0 Å². The predicted molar refractivity (Wildman–Crippen MR) is 120 cm³/mol. The SMILES string of the molecule is Cc1cccc(OC(C)C(=O)NCc2cn(-c3ccccc3)nc2-c2ccncc2)c1. The maximum Gasteiger partial charge on any atom is 0.261 e. The molecule has 1 N–H and O–H groups in total. The van der Waals surface area contributed by atoms with Gasteiger partial charge in [0, 0.05) is 36.3 Å². The van der Waals surface area contributed by atoms with E-state index >= 15 is 0 Å². The van der Waals surface area contributed by atoms with Gasteiger partial charge in [-0.1, -0.05) is 30.3 Å². The fourth-order valence-corrected chi connectivity index (χ4v) is 3.28. The number of hydrogen-bond acceptors (Lipinski definition) is 4. The van der Waals surface area contributed by atoms with E-state index in [1.807, 2.05) is 84.5 Å². The van der Waals surface area contributed by atoms with Gasteiger partial charge in [-0.15, -0.1) is 0 Å². The second-order valence-electron chi connectivity index (χ2n) is 7.31. The maximum absolute atomic E-state index is 12.7. The van der Waals surface area contributed by atoms with Gasteiger partial charge in [-0.3, -0.25) is 9.78 Å². The second-order valence-corrected chi connectivity index (χ2v) is 7.31. The van der Waals surface area contributed by atoms with Crippen molar-refractivity contribution < 1.29 is 9.53 Å². The first kappa shape index (κ1) is 20.3. The predicted octanol–water partition coefficient (Wildman–Crippen LogP) is 4.33. The Morgan fingerprint density at radius 3 is 2.58 bits per heavy atom. The Bertz CT molecular complexity index is 1160. The zero-order valence-corrected chi connectivity index (χ0v) is 17.5. The van der Waals surface area contributed by atoms with Crippen LogP contribution in [0.2, 0.25) is 0 Å². The summed E-state index contributed by atoms with van der Waals surface area (Å²) in [6.45, 7) is 4.07. The Morgan fingerprint density at radius 2 is 1.84 bits per heavy atom. The number of nitrogens with zero attached hydrogens (tertiary/aromatic N) is 3. The van der Waals surface area contributed by atoms with Crippen molar-refractivity contribution in [1.29, 1.82) is 0 Å². The van der Waals surface area contributed by atoms with E-state index in [1.165, 1.54) is 0 Å². The van der Waals surface area contributed by atoms with Crippen molar-refractivity contribution in [3.05, 3.63) is 96.4 Å². The molecule has 0 radical (unpaired) electrons. The van der Waals surface area contributed by atoms with Crippen LogP contribution in [-0.4, -0.2) is 26.8 Å². The normalized spacial score (nSPS) is 11.7. The van der Waals surface area contributed by atoms with Gasteiger partial charge in [0.15, 0.2) is 6.10 Å². The molecule has 1 amide bonds. The standard InChI is InChI=1S/C25H24N4O2/c1-18-7-6-10-23(15-18)31-19(2)25(30)27-16-21-17-29(22-8-4-3-5-9-22)28-24(21)20-11-13-26-14-12-20/h3-15,17,19H,16H2,1-2H3,(H,27,30). The fraction of sp³-hybridized carbons (Fsp3) is 0.160. The Labute approximate surface area is 181 Å². The monoisotopic (exact) mass is 412 g/mol. The van der Waals surface area contributed by atoms with Crippen LogP contribution in [-0.2, 0) is 11.3 Å². The third-order valence-corrected chi connectivity index (χ3v) is 4.89. The number of pyridine rings is 1. The van der Waals surface area contributed by atoms with Gasteiger partial charge in [-0.2, -0.15) is 5.10 Å². The molecule has 0 saturated carbocycles. The second kappa shape index (κ2) is 9.26. The molecule has 4 aromatic rings. The van der Waals surface area contributed by atoms with Gasteiger partial charge in [0.1, 0.15) is 5.75 Å². The molecule has 0 saturated heterocycles. The van der Waals surface area contributed by atoms with Crippen molar-refractivity contribution in [2.75, 3.05) is 0 Å². The van der Waals surface area contributed by atoms with Gasteiger partial charge in [0.05, 0.1) is 11.4 Å². The van der Waals surface area contributed by atoms with Gasteiger partial charge in [-0.25, -0.2) is 4.68 Å². The largest absolute Gasteiger partial charge is 0.481 e. The number of para-hydroxylation sites is 1. The van der Waals surface area contributed by atoms with Crippen LogP contribution in [0, 0.1) is 6.92 Å². The van der Waals surface area contributed by atoms with E-state index in [0.717, 1.165) is 28.1 Å². The van der Waals surface area contributed by atoms with E-state index in [9.17, 15) is 4.79 Å². The Hall–Kier alpha value is -3.93. The summed E-state index contributed by atoms with van der Waals surface area (Å²) in [5.74, 6) is 0.492. The van der Waals surface area contributed by atoms with Gasteiger partial charge < -0.3 is 10.1 Å². The van der Waals surface area contributed by atoms with Crippen LogP contribution in [0.3, 0.4) is 0 Å². The van der Waals surface area contributed by atoms with Crippen LogP contribution in [0.25, 0.3) is 16.9 Å². The Kier molecular flexibility index (Phi) is 6.08. The molecule has 6 heteroatoms. The van der Waals surface area contributed by atoms with Gasteiger partial charge in [0.25, 0.3) is 5.91 Å². The molecule has 0 aliphatic heterocycles. The number of carbonyl (C=O) groups excluding carboxylic acids is 1. The van der Waals surface area contributed by atoms with Crippen molar-refractivity contribution in [2.24, 2.45) is 0 Å². The van der Waals surface area contributed by atoms with Gasteiger partial charge in [-0.05, 0) is 55.8 Å². The minimum Gasteiger partial charge on any atom is -0.481 e. The molecule has 2 aromatic heterocycles. The third-order valence-electron chi connectivity index (χ3n) is 4.89. The molecule has 1 atom stereocenters. The highest BCUT2D eigenvalue weighted by molar-refractivity contribution is 5.81. The summed E-state index contributed by atoms with van der Waals surface area (Å²) >= 11 is 0. The van der Waals surface area contributed by atoms with Crippen molar-refractivity contribution >= 4 is 5.91 Å². The highest BCUT2D eigenvalue weighted by Crippen LogP contribution is 2.23. The first-order valence-electron chi connectivity index (χ1n) is 10.2. The average molecular weight is 412 g/mol. The lowest BCUT2D eigenvalue weighted by atomic mass is 10.1. The van der Waals surface area contributed by atoms with E-state index in [0.29, 0.717) is 12.3 Å². The first-order chi connectivity index (χ1) is 15.1. The summed E-state index contributed by atoms with van der Waals surface area (Å²) < 4.78 is 7.62. The number of nitrogens with one attached hydrogen (secondary N) is 1. The molecular formula is C25H24N4O2. The minimum absolute atomic E-state index is 0.186. The molecule has 0 fully saturated rings. The van der Waals surface area contributed by atoms with Crippen LogP contribution in [0.5, 0.6) is 5.75 Å². The number of aromatic nitrogens is 3. The van der Waals surface area contributed by atoms with Crippen molar-refractivity contribution in [1.82, 2.24) is 20.1 Å². The number of aryl methyl sites for hydroxylation is 1. The summed E-state index contributed by atoms with van der Waals surface area (Å²) in [5.41, 5.74) is 4.69. The molecule has 0 bridgehead atoms. The van der Waals surface area contributed by atoms with E-state index in [2.05, 4.69) is 10.3 Å². The Morgan fingerprint density at radius 1 is 1.06 bits per heavy atom. The zero-order chi connectivity index (χ0) is 21.6. The number of hydrogen-bond donors (Lipinski definition) is 1. The van der Waals surface area contributed by atoms with Crippen molar-refractivity contribution in [2.45, 2.75) is 26.5 Å². The van der Waals surface area contributed by atoms with Crippen LogP contribution in [0.15, 0.2) is 85.3 Å². The first-order valence-corrected chi connectivity index (χ1v) is 10.2. The van der Waals surface area contributed by atoms with Crippen molar-refractivity contribution in [3.8, 4) is 22.7 Å². The zero-order valence-electron chi connectivity index (χ0n) is 17.5. The minimum atomic E-state index is -0.615. The third kappa shape index (κ3) is 4.98. The highest BCUT2D eigenvalue weighted by atomic mass is 16.5. The van der Waals surface area contributed by atoms with E-state index in [-0.39, 0.29) is 5.91 Å². The summed E-state index contributed by atoms with van der Waals surface area (Å²) in [6.07, 6.45) is 4.79. The highest BCUT2D eigenvalue weighted by Gasteiger charge is 2.17. The van der Waals surface area contributed by atoms with Crippen LogP contribution in [0.4, 0.5) is 0 Å². The number of ether oxygens (including phenoxy) is 1. The van der Waals surface area contributed by atoms with Crippen LogP contribution < -0.4 is 10.1 Å². The smallest absolute Gasteiger partial charge is 0.261 e. The summed E-state index contributed by atoms with van der Waals surface area (Å²) in [6, 6.07) is 21.4. The molecular weight excluding hydrogens is 388 g/mol. The molecule has 6 nitrogen and oxygen atoms in total. The summed E-state index contributed by atoms with van der Waals surface area (Å²) in [4.78, 5) is 16.7. The molecule has 0 aliphatic carbocycles. The molecule has 31 heavy (non-hydrogen) atoms. The lowest BCUT2D eigenvalue weighted by Gasteiger charge is -2.15. The molecule has 2 aromatic carbocycles. The molecule has 156 valence electrons. The molecule has 2 heterocycles. The molecule has 1 unspecified atom stereocenters. The number of rotatable bonds is 7. The fourth-order valence-electron chi connectivity index (χ4n) is 3.28.